The van der Waals surface area contributed by atoms with E-state index in [0.717, 1.165) is 16.7 Å². The summed E-state index contributed by atoms with van der Waals surface area (Å²) >= 11 is 5.95. The number of para-hydroxylation sites is 1. The molecule has 0 bridgehead atoms. The van der Waals surface area contributed by atoms with Gasteiger partial charge in [-0.25, -0.2) is 9.78 Å². The van der Waals surface area contributed by atoms with Crippen molar-refractivity contribution in [3.63, 3.8) is 0 Å². The summed E-state index contributed by atoms with van der Waals surface area (Å²) in [5, 5.41) is 30.6. The molecule has 0 unspecified atom stereocenters. The van der Waals surface area contributed by atoms with Crippen molar-refractivity contribution in [2.75, 3.05) is 19.6 Å². The lowest BCUT2D eigenvalue weighted by Gasteiger charge is -2.14. The fourth-order valence-corrected chi connectivity index (χ4v) is 4.12. The summed E-state index contributed by atoms with van der Waals surface area (Å²) in [6.45, 7) is 10.1. The molecule has 0 spiro atoms. The number of aromatic hydroxyl groups is 1. The predicted octanol–water partition coefficient (Wildman–Crippen LogP) is 6.47. The predicted molar refractivity (Wildman–Crippen MR) is 146 cm³/mol. The van der Waals surface area contributed by atoms with Crippen LogP contribution in [0.2, 0.25) is 5.02 Å². The fourth-order valence-electron chi connectivity index (χ4n) is 4.00. The SMILES string of the molecule is CCN(CC)CC.O=C(O)c1c(O)c(-c2ccc(Cl)cc2)nc2c(-c3ccc(CO)cc3)cccc12. The van der Waals surface area contributed by atoms with Crippen LogP contribution in [-0.4, -0.2) is 50.8 Å². The van der Waals surface area contributed by atoms with Gasteiger partial charge in [-0.3, -0.25) is 0 Å². The lowest BCUT2D eigenvalue weighted by molar-refractivity contribution is 0.0696. The summed E-state index contributed by atoms with van der Waals surface area (Å²) in [5.74, 6) is -1.63. The van der Waals surface area contributed by atoms with Crippen molar-refractivity contribution >= 4 is 28.5 Å². The van der Waals surface area contributed by atoms with E-state index in [0.29, 0.717) is 21.5 Å². The second-order valence-corrected chi connectivity index (χ2v) is 8.61. The second-order valence-electron chi connectivity index (χ2n) is 8.17. The van der Waals surface area contributed by atoms with Gasteiger partial charge < -0.3 is 20.2 Å². The summed E-state index contributed by atoms with van der Waals surface area (Å²) in [6.07, 6.45) is 0. The van der Waals surface area contributed by atoms with E-state index in [9.17, 15) is 20.1 Å². The van der Waals surface area contributed by atoms with E-state index < -0.39 is 5.97 Å². The smallest absolute Gasteiger partial charge is 0.340 e. The standard InChI is InChI=1S/C23H16ClNO4.C6H15N/c24-16-10-8-15(9-11-16)20-22(27)19(23(28)29)18-3-1-2-17(21(18)25-20)14-6-4-13(12-26)5-7-14;1-4-7(5-2)6-3/h1-11,26-27H,12H2,(H,28,29);4-6H2,1-3H3. The number of pyridine rings is 1. The maximum absolute atomic E-state index is 12.0. The number of fused-ring (bicyclic) bond motifs is 1. The molecule has 0 fully saturated rings. The van der Waals surface area contributed by atoms with Crippen LogP contribution in [0.25, 0.3) is 33.3 Å². The molecule has 3 aromatic carbocycles. The van der Waals surface area contributed by atoms with Gasteiger partial charge in [-0.2, -0.15) is 0 Å². The number of carboxylic acids is 1. The number of carboxylic acid groups (broad SMARTS) is 1. The molecule has 0 saturated carbocycles. The minimum Gasteiger partial charge on any atom is -0.505 e. The molecule has 0 saturated heterocycles. The Hall–Kier alpha value is -3.45. The van der Waals surface area contributed by atoms with Crippen molar-refractivity contribution in [3.8, 4) is 28.1 Å². The highest BCUT2D eigenvalue weighted by Crippen LogP contribution is 2.39. The van der Waals surface area contributed by atoms with Gasteiger partial charge in [0.05, 0.1) is 12.1 Å². The van der Waals surface area contributed by atoms with Gasteiger partial charge in [-0.1, -0.05) is 87.0 Å². The van der Waals surface area contributed by atoms with Crippen molar-refractivity contribution in [3.05, 3.63) is 82.9 Å². The van der Waals surface area contributed by atoms with Crippen LogP contribution in [-0.2, 0) is 6.61 Å². The quantitative estimate of drug-likeness (QED) is 0.266. The van der Waals surface area contributed by atoms with Gasteiger partial charge in [-0.05, 0) is 42.9 Å². The van der Waals surface area contributed by atoms with Gasteiger partial charge in [0.15, 0.2) is 5.75 Å². The van der Waals surface area contributed by atoms with E-state index in [1.54, 1.807) is 48.5 Å². The molecule has 0 aliphatic carbocycles. The molecular weight excluding hydrogens is 476 g/mol. The van der Waals surface area contributed by atoms with E-state index in [1.165, 1.54) is 19.6 Å². The molecule has 0 atom stereocenters. The summed E-state index contributed by atoms with van der Waals surface area (Å²) in [6, 6.07) is 19.2. The van der Waals surface area contributed by atoms with Crippen LogP contribution in [0.1, 0.15) is 36.7 Å². The van der Waals surface area contributed by atoms with Gasteiger partial charge in [-0.15, -0.1) is 0 Å². The molecule has 6 nitrogen and oxygen atoms in total. The van der Waals surface area contributed by atoms with Gasteiger partial charge in [0.25, 0.3) is 0 Å². The molecule has 188 valence electrons. The number of hydrogen-bond donors (Lipinski definition) is 3. The number of rotatable bonds is 7. The van der Waals surface area contributed by atoms with Gasteiger partial charge in [0.1, 0.15) is 11.3 Å². The molecule has 7 heteroatoms. The number of nitrogens with zero attached hydrogens (tertiary/aromatic N) is 2. The first kappa shape index (κ1) is 27.1. The van der Waals surface area contributed by atoms with Crippen LogP contribution in [0.5, 0.6) is 5.75 Å². The number of halogens is 1. The first-order valence-electron chi connectivity index (χ1n) is 11.9. The Bertz CT molecular complexity index is 1310. The highest BCUT2D eigenvalue weighted by Gasteiger charge is 2.22. The molecule has 0 aliphatic rings. The van der Waals surface area contributed by atoms with Crippen molar-refractivity contribution in [1.29, 1.82) is 0 Å². The number of aromatic nitrogens is 1. The number of hydrogen-bond acceptors (Lipinski definition) is 5. The average Bonchev–Trinajstić information content (AvgIpc) is 2.90. The third kappa shape index (κ3) is 6.02. The van der Waals surface area contributed by atoms with Crippen LogP contribution in [0, 0.1) is 0 Å². The lowest BCUT2D eigenvalue weighted by Crippen LogP contribution is -2.21. The average molecular weight is 507 g/mol. The van der Waals surface area contributed by atoms with Crippen LogP contribution >= 0.6 is 11.6 Å². The molecule has 3 N–H and O–H groups in total. The third-order valence-electron chi connectivity index (χ3n) is 6.11. The molecular formula is C29H31ClN2O4. The number of aromatic carboxylic acids is 1. The normalized spacial score (nSPS) is 10.8. The van der Waals surface area contributed by atoms with Crippen molar-refractivity contribution in [2.24, 2.45) is 0 Å². The Labute approximate surface area is 216 Å². The van der Waals surface area contributed by atoms with Gasteiger partial charge in [0.2, 0.25) is 0 Å². The van der Waals surface area contributed by atoms with E-state index in [1.807, 2.05) is 18.2 Å². The fraction of sp³-hybridized carbons (Fsp3) is 0.241. The van der Waals surface area contributed by atoms with Crippen LogP contribution in [0.4, 0.5) is 0 Å². The Morgan fingerprint density at radius 3 is 1.97 bits per heavy atom. The molecule has 0 aliphatic heterocycles. The molecule has 4 rings (SSSR count). The lowest BCUT2D eigenvalue weighted by atomic mass is 9.96. The zero-order valence-electron chi connectivity index (χ0n) is 20.7. The van der Waals surface area contributed by atoms with Gasteiger partial charge >= 0.3 is 5.97 Å². The Morgan fingerprint density at radius 2 is 1.47 bits per heavy atom. The van der Waals surface area contributed by atoms with Crippen LogP contribution < -0.4 is 0 Å². The molecule has 0 amide bonds. The summed E-state index contributed by atoms with van der Waals surface area (Å²) in [7, 11) is 0. The Kier molecular flexibility index (Phi) is 9.42. The van der Waals surface area contributed by atoms with E-state index >= 15 is 0 Å². The van der Waals surface area contributed by atoms with E-state index in [4.69, 9.17) is 11.6 Å². The van der Waals surface area contributed by atoms with Crippen molar-refractivity contribution in [1.82, 2.24) is 9.88 Å². The number of benzene rings is 3. The van der Waals surface area contributed by atoms with Crippen LogP contribution in [0.3, 0.4) is 0 Å². The molecule has 1 heterocycles. The monoisotopic (exact) mass is 506 g/mol. The van der Waals surface area contributed by atoms with Crippen molar-refractivity contribution in [2.45, 2.75) is 27.4 Å². The highest BCUT2D eigenvalue weighted by molar-refractivity contribution is 6.30. The molecule has 1 aromatic heterocycles. The summed E-state index contributed by atoms with van der Waals surface area (Å²) in [4.78, 5) is 19.0. The maximum atomic E-state index is 12.0. The minimum atomic E-state index is -1.24. The maximum Gasteiger partial charge on any atom is 0.340 e. The number of aliphatic hydroxyl groups excluding tert-OH is 1. The minimum absolute atomic E-state index is 0.0637. The first-order valence-corrected chi connectivity index (χ1v) is 12.3. The molecule has 4 aromatic rings. The topological polar surface area (TPSA) is 93.9 Å². The zero-order chi connectivity index (χ0) is 26.2. The summed E-state index contributed by atoms with van der Waals surface area (Å²) < 4.78 is 0. The first-order chi connectivity index (χ1) is 17.3. The van der Waals surface area contributed by atoms with Crippen molar-refractivity contribution < 1.29 is 20.1 Å². The number of aliphatic hydroxyl groups is 1. The summed E-state index contributed by atoms with van der Waals surface area (Å²) in [5.41, 5.74) is 3.31. The molecule has 0 radical (unpaired) electrons. The zero-order valence-corrected chi connectivity index (χ0v) is 21.5. The van der Waals surface area contributed by atoms with Gasteiger partial charge in [0, 0.05) is 21.5 Å². The largest absolute Gasteiger partial charge is 0.505 e. The van der Waals surface area contributed by atoms with E-state index in [2.05, 4.69) is 30.7 Å². The highest BCUT2D eigenvalue weighted by atomic mass is 35.5. The third-order valence-corrected chi connectivity index (χ3v) is 6.36. The van der Waals surface area contributed by atoms with E-state index in [-0.39, 0.29) is 23.6 Å². The van der Waals surface area contributed by atoms with Crippen LogP contribution in [0.15, 0.2) is 66.7 Å². The number of carbonyl (C=O) groups is 1. The molecule has 36 heavy (non-hydrogen) atoms. The Morgan fingerprint density at radius 1 is 0.889 bits per heavy atom. The Balaban J connectivity index is 0.000000454. The second kappa shape index (κ2) is 12.5.